The molecule has 1 atom stereocenters. The highest BCUT2D eigenvalue weighted by atomic mass is 32.2. The molecule has 7 heteroatoms. The molecule has 0 unspecified atom stereocenters. The Bertz CT molecular complexity index is 1100. The van der Waals surface area contributed by atoms with E-state index < -0.39 is 17.9 Å². The maximum atomic E-state index is 13.2. The van der Waals surface area contributed by atoms with Gasteiger partial charge in [0.1, 0.15) is 6.04 Å². The summed E-state index contributed by atoms with van der Waals surface area (Å²) in [5.41, 5.74) is 4.09. The molecule has 2 aromatic rings. The van der Waals surface area contributed by atoms with Gasteiger partial charge in [0.05, 0.1) is 0 Å². The average Bonchev–Trinajstić information content (AvgIpc) is 2.94. The molecule has 1 saturated carbocycles. The van der Waals surface area contributed by atoms with E-state index in [0.29, 0.717) is 30.6 Å². The van der Waals surface area contributed by atoms with Crippen LogP contribution in [0, 0.1) is 12.8 Å². The Morgan fingerprint density at radius 3 is 2.51 bits per heavy atom. The van der Waals surface area contributed by atoms with Crippen LogP contribution in [0.1, 0.15) is 85.7 Å². The third-order valence-electron chi connectivity index (χ3n) is 7.70. The fourth-order valence-electron chi connectivity index (χ4n) is 5.38. The molecule has 0 radical (unpaired) electrons. The number of amides is 2. The number of aryl methyl sites for hydroxylation is 2. The van der Waals surface area contributed by atoms with Gasteiger partial charge in [0.2, 0.25) is 5.91 Å². The standard InChI is InChI=1S/C32H44N2O4S/c1-23-10-6-7-14-26(23)28-22-25(15-17-27(28)31(36)34-29(32(37)38)19-21-39-2)16-18-30(35)33-20-9-8-13-24-11-4-3-5-12-24/h6-7,10,14-15,17,22,24,29H,3-5,8-9,11-13,16,18-21H2,1-2H3,(H,33,35)(H,34,36)(H,37,38)/t29-/m0/s1. The van der Waals surface area contributed by atoms with E-state index in [-0.39, 0.29) is 5.91 Å². The molecule has 0 aromatic heterocycles. The number of carbonyl (C=O) groups is 3. The number of benzene rings is 2. The predicted octanol–water partition coefficient (Wildman–Crippen LogP) is 6.40. The van der Waals surface area contributed by atoms with E-state index in [1.807, 2.05) is 49.6 Å². The highest BCUT2D eigenvalue weighted by Crippen LogP contribution is 2.29. The molecule has 3 N–H and O–H groups in total. The molecule has 0 aliphatic heterocycles. The predicted molar refractivity (Wildman–Crippen MR) is 160 cm³/mol. The van der Waals surface area contributed by atoms with Crippen LogP contribution < -0.4 is 10.6 Å². The van der Waals surface area contributed by atoms with Crippen molar-refractivity contribution in [1.29, 1.82) is 0 Å². The first-order valence-electron chi connectivity index (χ1n) is 14.4. The number of hydrogen-bond acceptors (Lipinski definition) is 4. The Hall–Kier alpha value is -2.80. The first-order valence-corrected chi connectivity index (χ1v) is 15.8. The Morgan fingerprint density at radius 2 is 1.79 bits per heavy atom. The van der Waals surface area contributed by atoms with Gasteiger partial charge in [-0.3, -0.25) is 9.59 Å². The quantitative estimate of drug-likeness (QED) is 0.222. The Kier molecular flexibility index (Phi) is 12.9. The largest absolute Gasteiger partial charge is 0.480 e. The van der Waals surface area contributed by atoms with Gasteiger partial charge in [-0.15, -0.1) is 0 Å². The van der Waals surface area contributed by atoms with Crippen LogP contribution in [-0.2, 0) is 16.0 Å². The molecule has 0 heterocycles. The van der Waals surface area contributed by atoms with Crippen molar-refractivity contribution in [2.45, 2.75) is 83.6 Å². The normalized spacial score (nSPS) is 14.5. The van der Waals surface area contributed by atoms with E-state index in [1.165, 1.54) is 44.9 Å². The maximum Gasteiger partial charge on any atom is 0.326 e. The summed E-state index contributed by atoms with van der Waals surface area (Å²) in [7, 11) is 0. The molecule has 1 fully saturated rings. The monoisotopic (exact) mass is 552 g/mol. The van der Waals surface area contributed by atoms with Gasteiger partial charge in [0.15, 0.2) is 0 Å². The smallest absolute Gasteiger partial charge is 0.326 e. The maximum absolute atomic E-state index is 13.2. The van der Waals surface area contributed by atoms with Gasteiger partial charge in [0, 0.05) is 18.5 Å². The number of aliphatic carboxylic acids is 1. The van der Waals surface area contributed by atoms with E-state index in [9.17, 15) is 19.5 Å². The van der Waals surface area contributed by atoms with Gasteiger partial charge in [0.25, 0.3) is 5.91 Å². The van der Waals surface area contributed by atoms with E-state index in [1.54, 1.807) is 17.8 Å². The van der Waals surface area contributed by atoms with Crippen molar-refractivity contribution in [2.24, 2.45) is 5.92 Å². The van der Waals surface area contributed by atoms with E-state index >= 15 is 0 Å². The van der Waals surface area contributed by atoms with Gasteiger partial charge >= 0.3 is 5.97 Å². The van der Waals surface area contributed by atoms with Crippen LogP contribution in [-0.4, -0.2) is 47.5 Å². The van der Waals surface area contributed by atoms with E-state index in [0.717, 1.165) is 41.1 Å². The summed E-state index contributed by atoms with van der Waals surface area (Å²) in [4.78, 5) is 37.4. The van der Waals surface area contributed by atoms with Gasteiger partial charge in [-0.25, -0.2) is 4.79 Å². The lowest BCUT2D eigenvalue weighted by Crippen LogP contribution is -2.41. The van der Waals surface area contributed by atoms with Crippen molar-refractivity contribution in [1.82, 2.24) is 10.6 Å². The lowest BCUT2D eigenvalue weighted by atomic mass is 9.86. The van der Waals surface area contributed by atoms with Crippen LogP contribution >= 0.6 is 11.8 Å². The zero-order chi connectivity index (χ0) is 28.0. The number of rotatable bonds is 15. The third-order valence-corrected chi connectivity index (χ3v) is 8.35. The number of carboxylic acids is 1. The second-order valence-corrected chi connectivity index (χ2v) is 11.7. The van der Waals surface area contributed by atoms with Crippen LogP contribution in [0.4, 0.5) is 0 Å². The number of nitrogens with one attached hydrogen (secondary N) is 2. The first kappa shape index (κ1) is 30.7. The number of thioether (sulfide) groups is 1. The van der Waals surface area contributed by atoms with Crippen LogP contribution in [0.25, 0.3) is 11.1 Å². The minimum atomic E-state index is -1.04. The summed E-state index contributed by atoms with van der Waals surface area (Å²) in [6.45, 7) is 2.71. The third kappa shape index (κ3) is 10.0. The summed E-state index contributed by atoms with van der Waals surface area (Å²) < 4.78 is 0. The molecule has 0 saturated heterocycles. The van der Waals surface area contributed by atoms with Gasteiger partial charge in [-0.1, -0.05) is 81.3 Å². The molecule has 0 bridgehead atoms. The molecule has 212 valence electrons. The van der Waals surface area contributed by atoms with Gasteiger partial charge < -0.3 is 15.7 Å². The first-order chi connectivity index (χ1) is 18.9. The minimum Gasteiger partial charge on any atom is -0.480 e. The zero-order valence-electron chi connectivity index (χ0n) is 23.5. The number of carboxylic acid groups (broad SMARTS) is 1. The molecule has 1 aliphatic carbocycles. The molecule has 1 aliphatic rings. The molecule has 39 heavy (non-hydrogen) atoms. The van der Waals surface area contributed by atoms with Gasteiger partial charge in [-0.2, -0.15) is 11.8 Å². The fraction of sp³-hybridized carbons (Fsp3) is 0.531. The summed E-state index contributed by atoms with van der Waals surface area (Å²) in [6, 6.07) is 12.5. The number of unbranched alkanes of at least 4 members (excludes halogenated alkanes) is 1. The van der Waals surface area contributed by atoms with Crippen LogP contribution in [0.2, 0.25) is 0 Å². The second kappa shape index (κ2) is 16.3. The summed E-state index contributed by atoms with van der Waals surface area (Å²) in [6.07, 6.45) is 13.6. The Morgan fingerprint density at radius 1 is 1.03 bits per heavy atom. The lowest BCUT2D eigenvalue weighted by molar-refractivity contribution is -0.139. The van der Waals surface area contributed by atoms with Crippen LogP contribution in [0.3, 0.4) is 0 Å². The molecule has 6 nitrogen and oxygen atoms in total. The summed E-state index contributed by atoms with van der Waals surface area (Å²) in [5, 5.41) is 15.4. The zero-order valence-corrected chi connectivity index (χ0v) is 24.3. The Labute approximate surface area is 237 Å². The van der Waals surface area contributed by atoms with Crippen molar-refractivity contribution >= 4 is 29.5 Å². The van der Waals surface area contributed by atoms with Crippen molar-refractivity contribution < 1.29 is 19.5 Å². The molecular weight excluding hydrogens is 508 g/mol. The van der Waals surface area contributed by atoms with Crippen LogP contribution in [0.15, 0.2) is 42.5 Å². The minimum absolute atomic E-state index is 0.0463. The summed E-state index contributed by atoms with van der Waals surface area (Å²) in [5.74, 6) is 0.131. The average molecular weight is 553 g/mol. The molecule has 2 aromatic carbocycles. The molecule has 2 amide bonds. The number of hydrogen-bond donors (Lipinski definition) is 3. The summed E-state index contributed by atoms with van der Waals surface area (Å²) >= 11 is 1.55. The van der Waals surface area contributed by atoms with Crippen molar-refractivity contribution in [3.05, 3.63) is 59.2 Å². The van der Waals surface area contributed by atoms with E-state index in [2.05, 4.69) is 10.6 Å². The van der Waals surface area contributed by atoms with Crippen molar-refractivity contribution in [2.75, 3.05) is 18.6 Å². The molecule has 0 spiro atoms. The van der Waals surface area contributed by atoms with E-state index in [4.69, 9.17) is 0 Å². The lowest BCUT2D eigenvalue weighted by Gasteiger charge is -2.21. The van der Waals surface area contributed by atoms with Gasteiger partial charge in [-0.05, 0) is 72.4 Å². The SMILES string of the molecule is CSCC[C@H](NC(=O)c1ccc(CCC(=O)NCCCCC2CCCCC2)cc1-c1ccccc1C)C(=O)O. The van der Waals surface area contributed by atoms with Crippen molar-refractivity contribution in [3.63, 3.8) is 0 Å². The van der Waals surface area contributed by atoms with Crippen molar-refractivity contribution in [3.8, 4) is 11.1 Å². The molecule has 3 rings (SSSR count). The highest BCUT2D eigenvalue weighted by molar-refractivity contribution is 7.98. The Balaban J connectivity index is 1.61. The highest BCUT2D eigenvalue weighted by Gasteiger charge is 2.23. The van der Waals surface area contributed by atoms with Crippen LogP contribution in [0.5, 0.6) is 0 Å². The number of carbonyl (C=O) groups excluding carboxylic acids is 2. The second-order valence-electron chi connectivity index (χ2n) is 10.7. The molecular formula is C32H44N2O4S. The fourth-order valence-corrected chi connectivity index (χ4v) is 5.85. The topological polar surface area (TPSA) is 95.5 Å².